The first-order valence-electron chi connectivity index (χ1n) is 9.81. The van der Waals surface area contributed by atoms with E-state index in [1.54, 1.807) is 12.0 Å². The molecule has 0 saturated carbocycles. The summed E-state index contributed by atoms with van der Waals surface area (Å²) in [6.45, 7) is 2.76. The molecule has 1 aliphatic heterocycles. The zero-order chi connectivity index (χ0) is 21.6. The largest absolute Gasteiger partial charge is 0.497 e. The normalized spacial score (nSPS) is 15.0. The second-order valence-electron chi connectivity index (χ2n) is 7.02. The van der Waals surface area contributed by atoms with E-state index in [1.807, 2.05) is 24.3 Å². The van der Waals surface area contributed by atoms with Crippen LogP contribution in [0.4, 0.5) is 10.1 Å². The number of amides is 1. The molecule has 1 heterocycles. The van der Waals surface area contributed by atoms with Gasteiger partial charge in [-0.15, -0.1) is 0 Å². The minimum absolute atomic E-state index is 0.00274. The van der Waals surface area contributed by atoms with Gasteiger partial charge in [0.05, 0.1) is 12.0 Å². The minimum atomic E-state index is -3.77. The number of halogens is 1. The van der Waals surface area contributed by atoms with Crippen LogP contribution in [0.1, 0.15) is 12.8 Å². The standard InChI is InChI=1S/C21H26FN3O4S/c1-29-19-7-5-18(6-8-19)24-13-2-14-25(16-15-24)21(26)11-12-23-30(27,28)20-9-3-17(22)4-10-20/h3-10,23H,2,11-16H2,1H3. The van der Waals surface area contributed by atoms with Crippen LogP contribution in [-0.4, -0.2) is 59.1 Å². The molecule has 1 saturated heterocycles. The molecule has 0 atom stereocenters. The van der Waals surface area contributed by atoms with E-state index in [0.717, 1.165) is 36.5 Å². The summed E-state index contributed by atoms with van der Waals surface area (Å²) in [7, 11) is -2.14. The number of nitrogens with zero attached hydrogens (tertiary/aromatic N) is 2. The monoisotopic (exact) mass is 435 g/mol. The Balaban J connectivity index is 1.49. The summed E-state index contributed by atoms with van der Waals surface area (Å²) in [5.74, 6) is 0.204. The van der Waals surface area contributed by atoms with Gasteiger partial charge in [-0.25, -0.2) is 17.5 Å². The van der Waals surface area contributed by atoms with E-state index in [4.69, 9.17) is 4.74 Å². The number of carbonyl (C=O) groups is 1. The zero-order valence-electron chi connectivity index (χ0n) is 16.9. The highest BCUT2D eigenvalue weighted by Gasteiger charge is 2.20. The Morgan fingerprint density at radius 2 is 1.73 bits per heavy atom. The summed E-state index contributed by atoms with van der Waals surface area (Å²) < 4.78 is 45.0. The van der Waals surface area contributed by atoms with Crippen LogP contribution in [0.5, 0.6) is 5.75 Å². The predicted molar refractivity (Wildman–Crippen MR) is 113 cm³/mol. The van der Waals surface area contributed by atoms with Crippen molar-refractivity contribution >= 4 is 21.6 Å². The molecular formula is C21H26FN3O4S. The Bertz CT molecular complexity index is 949. The molecule has 30 heavy (non-hydrogen) atoms. The van der Waals surface area contributed by atoms with Crippen molar-refractivity contribution in [2.45, 2.75) is 17.7 Å². The molecule has 0 radical (unpaired) electrons. The van der Waals surface area contributed by atoms with Gasteiger partial charge in [0.2, 0.25) is 15.9 Å². The third-order valence-electron chi connectivity index (χ3n) is 5.04. The van der Waals surface area contributed by atoms with E-state index in [2.05, 4.69) is 9.62 Å². The topological polar surface area (TPSA) is 79.0 Å². The van der Waals surface area contributed by atoms with Gasteiger partial charge in [0.25, 0.3) is 0 Å². The number of hydrogen-bond donors (Lipinski definition) is 1. The van der Waals surface area contributed by atoms with Crippen molar-refractivity contribution in [2.24, 2.45) is 0 Å². The molecule has 1 fully saturated rings. The van der Waals surface area contributed by atoms with Gasteiger partial charge < -0.3 is 14.5 Å². The van der Waals surface area contributed by atoms with Crippen LogP contribution in [0.15, 0.2) is 53.4 Å². The molecule has 0 aliphatic carbocycles. The molecule has 3 rings (SSSR count). The van der Waals surface area contributed by atoms with Gasteiger partial charge in [-0.3, -0.25) is 4.79 Å². The summed E-state index contributed by atoms with van der Waals surface area (Å²) in [6, 6.07) is 12.4. The van der Waals surface area contributed by atoms with Crippen LogP contribution in [0.25, 0.3) is 0 Å². The van der Waals surface area contributed by atoms with E-state index in [1.165, 1.54) is 12.1 Å². The summed E-state index contributed by atoms with van der Waals surface area (Å²) in [5, 5.41) is 0. The number of rotatable bonds is 7. The van der Waals surface area contributed by atoms with Gasteiger partial charge in [0, 0.05) is 44.8 Å². The molecule has 1 N–H and O–H groups in total. The summed E-state index contributed by atoms with van der Waals surface area (Å²) >= 11 is 0. The molecule has 2 aromatic rings. The Kier molecular flexibility index (Phi) is 7.28. The first-order valence-corrected chi connectivity index (χ1v) is 11.3. The van der Waals surface area contributed by atoms with Gasteiger partial charge in [0.15, 0.2) is 0 Å². The maximum Gasteiger partial charge on any atom is 0.240 e. The number of hydrogen-bond acceptors (Lipinski definition) is 5. The van der Waals surface area contributed by atoms with Gasteiger partial charge >= 0.3 is 0 Å². The number of ether oxygens (including phenoxy) is 1. The van der Waals surface area contributed by atoms with Crippen molar-refractivity contribution < 1.29 is 22.3 Å². The van der Waals surface area contributed by atoms with Crippen molar-refractivity contribution in [1.29, 1.82) is 0 Å². The Hall–Kier alpha value is -2.65. The van der Waals surface area contributed by atoms with E-state index < -0.39 is 15.8 Å². The fourth-order valence-electron chi connectivity index (χ4n) is 3.37. The average molecular weight is 436 g/mol. The lowest BCUT2D eigenvalue weighted by atomic mass is 10.2. The zero-order valence-corrected chi connectivity index (χ0v) is 17.7. The van der Waals surface area contributed by atoms with Crippen molar-refractivity contribution in [1.82, 2.24) is 9.62 Å². The smallest absolute Gasteiger partial charge is 0.240 e. The van der Waals surface area contributed by atoms with E-state index >= 15 is 0 Å². The Labute approximate surface area is 176 Å². The number of benzene rings is 2. The minimum Gasteiger partial charge on any atom is -0.497 e. The van der Waals surface area contributed by atoms with Gasteiger partial charge in [-0.2, -0.15) is 0 Å². The number of anilines is 1. The van der Waals surface area contributed by atoms with Gasteiger partial charge in [0.1, 0.15) is 11.6 Å². The molecule has 0 aromatic heterocycles. The molecule has 1 amide bonds. The van der Waals surface area contributed by atoms with Crippen LogP contribution in [-0.2, 0) is 14.8 Å². The first-order chi connectivity index (χ1) is 14.4. The summed E-state index contributed by atoms with van der Waals surface area (Å²) in [4.78, 5) is 16.5. The van der Waals surface area contributed by atoms with Crippen molar-refractivity contribution in [3.8, 4) is 5.75 Å². The second-order valence-corrected chi connectivity index (χ2v) is 8.79. The number of carbonyl (C=O) groups excluding carboxylic acids is 1. The van der Waals surface area contributed by atoms with Crippen LogP contribution in [0.3, 0.4) is 0 Å². The van der Waals surface area contributed by atoms with Crippen molar-refractivity contribution in [3.05, 3.63) is 54.3 Å². The maximum absolute atomic E-state index is 13.0. The fourth-order valence-corrected chi connectivity index (χ4v) is 4.40. The predicted octanol–water partition coefficient (Wildman–Crippen LogP) is 2.24. The number of sulfonamides is 1. The fraction of sp³-hybridized carbons (Fsp3) is 0.381. The molecule has 0 unspecified atom stereocenters. The lowest BCUT2D eigenvalue weighted by Crippen LogP contribution is -2.37. The van der Waals surface area contributed by atoms with Crippen molar-refractivity contribution in [2.75, 3.05) is 44.7 Å². The number of nitrogens with one attached hydrogen (secondary N) is 1. The third kappa shape index (κ3) is 5.70. The van der Waals surface area contributed by atoms with Gasteiger partial charge in [-0.05, 0) is 55.0 Å². The third-order valence-corrected chi connectivity index (χ3v) is 6.52. The molecule has 9 heteroatoms. The molecule has 0 spiro atoms. The lowest BCUT2D eigenvalue weighted by Gasteiger charge is -2.24. The van der Waals surface area contributed by atoms with Crippen molar-refractivity contribution in [3.63, 3.8) is 0 Å². The molecule has 1 aliphatic rings. The van der Waals surface area contributed by atoms with Gasteiger partial charge in [-0.1, -0.05) is 0 Å². The molecule has 2 aromatic carbocycles. The SMILES string of the molecule is COc1ccc(N2CCCN(C(=O)CCNS(=O)(=O)c3ccc(F)cc3)CC2)cc1. The summed E-state index contributed by atoms with van der Waals surface area (Å²) in [6.07, 6.45) is 0.905. The highest BCUT2D eigenvalue weighted by atomic mass is 32.2. The first kappa shape index (κ1) is 22.0. The maximum atomic E-state index is 13.0. The Morgan fingerprint density at radius 3 is 2.40 bits per heavy atom. The van der Waals surface area contributed by atoms with E-state index in [0.29, 0.717) is 19.6 Å². The molecule has 7 nitrogen and oxygen atoms in total. The summed E-state index contributed by atoms with van der Waals surface area (Å²) in [5.41, 5.74) is 1.08. The Morgan fingerprint density at radius 1 is 1.03 bits per heavy atom. The van der Waals surface area contributed by atoms with Crippen LogP contribution in [0, 0.1) is 5.82 Å². The quantitative estimate of drug-likeness (QED) is 0.722. The van der Waals surface area contributed by atoms with E-state index in [-0.39, 0.29) is 23.8 Å². The lowest BCUT2D eigenvalue weighted by molar-refractivity contribution is -0.130. The number of methoxy groups -OCH3 is 1. The molecule has 162 valence electrons. The average Bonchev–Trinajstić information content (AvgIpc) is 3.00. The van der Waals surface area contributed by atoms with Crippen LogP contribution >= 0.6 is 0 Å². The molecular weight excluding hydrogens is 409 g/mol. The van der Waals surface area contributed by atoms with Crippen LogP contribution in [0.2, 0.25) is 0 Å². The highest BCUT2D eigenvalue weighted by molar-refractivity contribution is 7.89. The molecule has 0 bridgehead atoms. The second kappa shape index (κ2) is 9.90. The highest BCUT2D eigenvalue weighted by Crippen LogP contribution is 2.20. The van der Waals surface area contributed by atoms with E-state index in [9.17, 15) is 17.6 Å². The van der Waals surface area contributed by atoms with Crippen LogP contribution < -0.4 is 14.4 Å².